The normalized spacial score (nSPS) is 17.3. The average molecular weight is 326 g/mol. The second-order valence-electron chi connectivity index (χ2n) is 5.69. The van der Waals surface area contributed by atoms with Gasteiger partial charge in [0, 0.05) is 25.0 Å². The van der Waals surface area contributed by atoms with Crippen LogP contribution in [0.5, 0.6) is 0 Å². The molecule has 5 nitrogen and oxygen atoms in total. The van der Waals surface area contributed by atoms with Gasteiger partial charge in [-0.3, -0.25) is 9.89 Å². The summed E-state index contributed by atoms with van der Waals surface area (Å²) in [5, 5.41) is 9.10. The zero-order valence-corrected chi connectivity index (χ0v) is 13.7. The molecule has 0 radical (unpaired) electrons. The number of nitrogens with one attached hydrogen (secondary N) is 1. The molecule has 0 bridgehead atoms. The summed E-state index contributed by atoms with van der Waals surface area (Å²) in [6.07, 6.45) is 4.65. The largest absolute Gasteiger partial charge is 0.348 e. The van der Waals surface area contributed by atoms with Crippen molar-refractivity contribution in [2.75, 3.05) is 6.54 Å². The maximum Gasteiger partial charge on any atom is 0.258 e. The van der Waals surface area contributed by atoms with Crippen LogP contribution >= 0.6 is 11.3 Å². The van der Waals surface area contributed by atoms with Crippen LogP contribution in [0, 0.1) is 0 Å². The van der Waals surface area contributed by atoms with E-state index in [4.69, 9.17) is 0 Å². The van der Waals surface area contributed by atoms with Gasteiger partial charge in [0.25, 0.3) is 5.91 Å². The zero-order valence-electron chi connectivity index (χ0n) is 12.9. The summed E-state index contributed by atoms with van der Waals surface area (Å²) in [4.78, 5) is 16.2. The number of carbonyl (C=O) groups excluding carboxylic acids is 1. The van der Waals surface area contributed by atoms with Crippen LogP contribution in [0.4, 0.5) is 0 Å². The molecule has 1 aliphatic rings. The maximum absolute atomic E-state index is 13.1. The Bertz CT molecular complexity index is 817. The predicted molar refractivity (Wildman–Crippen MR) is 90.4 cm³/mol. The first-order valence-electron chi connectivity index (χ1n) is 7.83. The van der Waals surface area contributed by atoms with Crippen molar-refractivity contribution in [1.82, 2.24) is 19.7 Å². The third-order valence-electron chi connectivity index (χ3n) is 4.45. The average Bonchev–Trinajstić information content (AvgIpc) is 3.32. The van der Waals surface area contributed by atoms with Gasteiger partial charge in [-0.15, -0.1) is 11.3 Å². The van der Waals surface area contributed by atoms with Gasteiger partial charge >= 0.3 is 0 Å². The molecule has 4 heterocycles. The summed E-state index contributed by atoms with van der Waals surface area (Å²) in [6.45, 7) is 3.70. The third kappa shape index (κ3) is 2.30. The number of thiophene rings is 1. The number of hydrogen-bond acceptors (Lipinski definition) is 3. The molecule has 0 unspecified atom stereocenters. The van der Waals surface area contributed by atoms with Gasteiger partial charge in [-0.05, 0) is 30.0 Å². The molecular formula is C17H18N4OS. The highest BCUT2D eigenvalue weighted by molar-refractivity contribution is 7.13. The summed E-state index contributed by atoms with van der Waals surface area (Å²) in [7, 11) is 0. The lowest BCUT2D eigenvalue weighted by Gasteiger charge is -2.36. The Labute approximate surface area is 138 Å². The van der Waals surface area contributed by atoms with Crippen molar-refractivity contribution in [3.05, 3.63) is 53.3 Å². The first kappa shape index (κ1) is 14.3. The fraction of sp³-hybridized carbons (Fsp3) is 0.294. The highest BCUT2D eigenvalue weighted by atomic mass is 32.1. The first-order chi connectivity index (χ1) is 11.3. The highest BCUT2D eigenvalue weighted by Gasteiger charge is 2.31. The van der Waals surface area contributed by atoms with E-state index in [1.54, 1.807) is 17.5 Å². The minimum absolute atomic E-state index is 0.0569. The fourth-order valence-electron chi connectivity index (χ4n) is 3.35. The fourth-order valence-corrected chi connectivity index (χ4v) is 4.08. The molecule has 0 saturated carbocycles. The lowest BCUT2D eigenvalue weighted by molar-refractivity contribution is 0.0619. The first-order valence-corrected chi connectivity index (χ1v) is 8.70. The third-order valence-corrected chi connectivity index (χ3v) is 5.34. The Balaban J connectivity index is 1.69. The van der Waals surface area contributed by atoms with Crippen molar-refractivity contribution in [3.63, 3.8) is 0 Å². The number of amides is 1. The van der Waals surface area contributed by atoms with E-state index in [-0.39, 0.29) is 11.9 Å². The standard InChI is InChI=1S/C17H18N4OS/c1-2-13-14-5-3-7-20(14)8-9-21(13)17(22)12-11-18-19-16(12)15-6-4-10-23-15/h3-7,10-11,13H,2,8-9H2,1H3,(H,18,19)/t13-/m0/s1. The van der Waals surface area contributed by atoms with Crippen LogP contribution in [0.25, 0.3) is 10.6 Å². The summed E-state index contributed by atoms with van der Waals surface area (Å²) < 4.78 is 2.24. The minimum atomic E-state index is 0.0569. The molecule has 1 aliphatic heterocycles. The van der Waals surface area contributed by atoms with Crippen molar-refractivity contribution in [3.8, 4) is 10.6 Å². The number of carbonyl (C=O) groups is 1. The summed E-state index contributed by atoms with van der Waals surface area (Å²) in [5.74, 6) is 0.0569. The van der Waals surface area contributed by atoms with Crippen molar-refractivity contribution < 1.29 is 4.79 Å². The van der Waals surface area contributed by atoms with Crippen molar-refractivity contribution in [2.45, 2.75) is 25.9 Å². The van der Waals surface area contributed by atoms with Crippen LogP contribution in [0.2, 0.25) is 0 Å². The molecule has 23 heavy (non-hydrogen) atoms. The summed E-state index contributed by atoms with van der Waals surface area (Å²) in [5.41, 5.74) is 2.69. The second kappa shape index (κ2) is 5.70. The second-order valence-corrected chi connectivity index (χ2v) is 6.63. The molecule has 0 aliphatic carbocycles. The van der Waals surface area contributed by atoms with E-state index in [1.165, 1.54) is 5.69 Å². The number of aromatic nitrogens is 3. The zero-order chi connectivity index (χ0) is 15.8. The quantitative estimate of drug-likeness (QED) is 0.800. The van der Waals surface area contributed by atoms with E-state index in [0.29, 0.717) is 5.56 Å². The Kier molecular flexibility index (Phi) is 3.53. The Morgan fingerprint density at radius 1 is 1.39 bits per heavy atom. The number of H-pyrrole nitrogens is 1. The van der Waals surface area contributed by atoms with E-state index in [9.17, 15) is 4.79 Å². The molecule has 0 saturated heterocycles. The lowest BCUT2D eigenvalue weighted by atomic mass is 10.0. The SMILES string of the molecule is CC[C@H]1c2cccn2CCN1C(=O)c1cn[nH]c1-c1cccs1. The molecule has 6 heteroatoms. The van der Waals surface area contributed by atoms with Gasteiger partial charge < -0.3 is 9.47 Å². The molecule has 3 aromatic rings. The highest BCUT2D eigenvalue weighted by Crippen LogP contribution is 2.32. The van der Waals surface area contributed by atoms with Gasteiger partial charge in [-0.1, -0.05) is 13.0 Å². The molecule has 3 aromatic heterocycles. The molecule has 0 spiro atoms. The van der Waals surface area contributed by atoms with Crippen LogP contribution in [0.3, 0.4) is 0 Å². The van der Waals surface area contributed by atoms with Crippen molar-refractivity contribution >= 4 is 17.2 Å². The van der Waals surface area contributed by atoms with E-state index >= 15 is 0 Å². The van der Waals surface area contributed by atoms with Gasteiger partial charge in [-0.25, -0.2) is 0 Å². The number of fused-ring (bicyclic) bond motifs is 1. The van der Waals surface area contributed by atoms with Gasteiger partial charge in [0.1, 0.15) is 0 Å². The van der Waals surface area contributed by atoms with Crippen molar-refractivity contribution in [1.29, 1.82) is 0 Å². The number of rotatable bonds is 3. The van der Waals surface area contributed by atoms with Crippen LogP contribution < -0.4 is 0 Å². The maximum atomic E-state index is 13.1. The van der Waals surface area contributed by atoms with Crippen LogP contribution in [-0.4, -0.2) is 32.1 Å². The predicted octanol–water partition coefficient (Wildman–Crippen LogP) is 3.55. The monoisotopic (exact) mass is 326 g/mol. The Morgan fingerprint density at radius 2 is 2.30 bits per heavy atom. The lowest BCUT2D eigenvalue weighted by Crippen LogP contribution is -2.41. The molecule has 1 atom stereocenters. The van der Waals surface area contributed by atoms with Crippen LogP contribution in [0.15, 0.2) is 42.0 Å². The summed E-state index contributed by atoms with van der Waals surface area (Å²) in [6, 6.07) is 8.28. The van der Waals surface area contributed by atoms with E-state index in [1.807, 2.05) is 22.4 Å². The number of hydrogen-bond donors (Lipinski definition) is 1. The van der Waals surface area contributed by atoms with Crippen LogP contribution in [0.1, 0.15) is 35.4 Å². The molecular weight excluding hydrogens is 308 g/mol. The van der Waals surface area contributed by atoms with Crippen molar-refractivity contribution in [2.24, 2.45) is 0 Å². The molecule has 1 amide bonds. The van der Waals surface area contributed by atoms with Gasteiger partial charge in [-0.2, -0.15) is 5.10 Å². The van der Waals surface area contributed by atoms with Gasteiger partial charge in [0.05, 0.1) is 28.4 Å². The molecule has 0 aromatic carbocycles. The smallest absolute Gasteiger partial charge is 0.258 e. The minimum Gasteiger partial charge on any atom is -0.348 e. The Hall–Kier alpha value is -2.34. The summed E-state index contributed by atoms with van der Waals surface area (Å²) >= 11 is 1.61. The van der Waals surface area contributed by atoms with E-state index in [0.717, 1.165) is 30.1 Å². The van der Waals surface area contributed by atoms with Crippen LogP contribution in [-0.2, 0) is 6.54 Å². The molecule has 1 N–H and O–H groups in total. The van der Waals surface area contributed by atoms with Gasteiger partial charge in [0.2, 0.25) is 0 Å². The van der Waals surface area contributed by atoms with Gasteiger partial charge in [0.15, 0.2) is 0 Å². The topological polar surface area (TPSA) is 53.9 Å². The molecule has 0 fully saturated rings. The number of nitrogens with zero attached hydrogens (tertiary/aromatic N) is 3. The van der Waals surface area contributed by atoms with E-state index < -0.39 is 0 Å². The molecule has 118 valence electrons. The number of aromatic amines is 1. The molecule has 4 rings (SSSR count). The Morgan fingerprint density at radius 3 is 3.09 bits per heavy atom. The van der Waals surface area contributed by atoms with E-state index in [2.05, 4.69) is 40.0 Å².